The number of carbonyl (C=O) groups excluding carboxylic acids is 1. The van der Waals surface area contributed by atoms with Gasteiger partial charge in [0.15, 0.2) is 6.10 Å². The molecule has 2 saturated carbocycles. The molecule has 1 aromatic carbocycles. The van der Waals surface area contributed by atoms with Crippen molar-refractivity contribution in [3.63, 3.8) is 0 Å². The summed E-state index contributed by atoms with van der Waals surface area (Å²) in [5.41, 5.74) is 0.00404. The fraction of sp³-hybridized carbons (Fsp3) is 0.611. The molecular weight excluding hydrogens is 308 g/mol. The first-order chi connectivity index (χ1) is 11.4. The summed E-state index contributed by atoms with van der Waals surface area (Å²) in [4.78, 5) is 22.5. The maximum absolute atomic E-state index is 12.4. The van der Waals surface area contributed by atoms with E-state index < -0.39 is 11.0 Å². The van der Waals surface area contributed by atoms with Crippen LogP contribution in [0, 0.1) is 27.9 Å². The summed E-state index contributed by atoms with van der Waals surface area (Å²) in [5, 5.41) is 13.7. The lowest BCUT2D eigenvalue weighted by Gasteiger charge is -2.29. The fourth-order valence-corrected chi connectivity index (χ4v) is 4.26. The van der Waals surface area contributed by atoms with Gasteiger partial charge in [0.05, 0.1) is 4.92 Å². The van der Waals surface area contributed by atoms with Gasteiger partial charge < -0.3 is 10.1 Å². The highest BCUT2D eigenvalue weighted by Gasteiger charge is 2.42. The Morgan fingerprint density at radius 2 is 1.96 bits per heavy atom. The minimum Gasteiger partial charge on any atom is -0.481 e. The number of nitrogens with zero attached hydrogens (tertiary/aromatic N) is 1. The lowest BCUT2D eigenvalue weighted by molar-refractivity contribution is -0.384. The molecule has 1 N–H and O–H groups in total. The monoisotopic (exact) mass is 332 g/mol. The molecule has 2 aliphatic carbocycles. The van der Waals surface area contributed by atoms with E-state index in [1.54, 1.807) is 6.92 Å². The first-order valence-corrected chi connectivity index (χ1v) is 8.65. The van der Waals surface area contributed by atoms with Gasteiger partial charge in [0.25, 0.3) is 11.6 Å². The molecule has 0 aliphatic heterocycles. The Bertz CT molecular complexity index is 616. The topological polar surface area (TPSA) is 81.5 Å². The Morgan fingerprint density at radius 3 is 2.50 bits per heavy atom. The fourth-order valence-electron chi connectivity index (χ4n) is 4.26. The van der Waals surface area contributed by atoms with Crippen LogP contribution in [0.3, 0.4) is 0 Å². The number of benzene rings is 1. The molecule has 3 rings (SSSR count). The van der Waals surface area contributed by atoms with Crippen molar-refractivity contribution in [2.24, 2.45) is 17.8 Å². The molecule has 1 aromatic rings. The van der Waals surface area contributed by atoms with E-state index in [4.69, 9.17) is 4.74 Å². The normalized spacial score (nSPS) is 27.5. The third kappa shape index (κ3) is 3.52. The number of fused-ring (bicyclic) bond motifs is 2. The summed E-state index contributed by atoms with van der Waals surface area (Å²) in [6, 6.07) is 5.94. The number of nitro benzene ring substituents is 1. The van der Waals surface area contributed by atoms with Crippen molar-refractivity contribution in [3.05, 3.63) is 34.4 Å². The van der Waals surface area contributed by atoms with Gasteiger partial charge in [-0.25, -0.2) is 0 Å². The number of hydrogen-bond acceptors (Lipinski definition) is 4. The van der Waals surface area contributed by atoms with Crippen LogP contribution in [-0.2, 0) is 4.79 Å². The highest BCUT2D eigenvalue weighted by Crippen LogP contribution is 2.49. The Kier molecular flexibility index (Phi) is 4.73. The van der Waals surface area contributed by atoms with Crippen LogP contribution < -0.4 is 10.1 Å². The van der Waals surface area contributed by atoms with E-state index in [2.05, 4.69) is 12.2 Å². The number of hydrogen-bond donors (Lipinski definition) is 1. The predicted molar refractivity (Wildman–Crippen MR) is 89.7 cm³/mol. The largest absolute Gasteiger partial charge is 0.481 e. The van der Waals surface area contributed by atoms with Gasteiger partial charge in [-0.05, 0) is 63.0 Å². The standard InChI is InChI=1S/C18H24N2O4/c1-11(17-10-13-3-4-14(17)9-13)19-18(21)12(2)24-16-7-5-15(6-8-16)20(22)23/h5-8,11-14,17H,3-4,9-10H2,1-2H3,(H,19,21)/t11-,12+,13+,14+,17-/m1/s1. The molecule has 2 bridgehead atoms. The number of carbonyl (C=O) groups is 1. The summed E-state index contributed by atoms with van der Waals surface area (Å²) >= 11 is 0. The van der Waals surface area contributed by atoms with Gasteiger partial charge in [-0.2, -0.15) is 0 Å². The molecule has 2 aliphatic rings. The molecule has 2 fully saturated rings. The summed E-state index contributed by atoms with van der Waals surface area (Å²) in [6.07, 6.45) is 4.56. The number of nitro groups is 1. The second-order valence-corrected chi connectivity index (χ2v) is 7.15. The molecule has 24 heavy (non-hydrogen) atoms. The maximum atomic E-state index is 12.4. The van der Waals surface area contributed by atoms with Crippen LogP contribution in [0.2, 0.25) is 0 Å². The van der Waals surface area contributed by atoms with Crippen LogP contribution in [0.4, 0.5) is 5.69 Å². The van der Waals surface area contributed by atoms with Gasteiger partial charge in [-0.15, -0.1) is 0 Å². The summed E-state index contributed by atoms with van der Waals surface area (Å²) < 4.78 is 5.60. The number of ether oxygens (including phenoxy) is 1. The number of amides is 1. The van der Waals surface area contributed by atoms with Crippen molar-refractivity contribution < 1.29 is 14.5 Å². The van der Waals surface area contributed by atoms with Gasteiger partial charge in [0.1, 0.15) is 5.75 Å². The SMILES string of the molecule is C[C@H](Oc1ccc([N+](=O)[O-])cc1)C(=O)N[C@H](C)[C@H]1C[C@H]2CC[C@H]1C2. The quantitative estimate of drug-likeness (QED) is 0.640. The molecule has 1 amide bonds. The number of rotatable bonds is 6. The van der Waals surface area contributed by atoms with Gasteiger partial charge >= 0.3 is 0 Å². The minimum absolute atomic E-state index is 0.00404. The van der Waals surface area contributed by atoms with Crippen LogP contribution in [-0.4, -0.2) is 23.0 Å². The second kappa shape index (κ2) is 6.79. The lowest BCUT2D eigenvalue weighted by Crippen LogP contribution is -2.45. The molecular formula is C18H24N2O4. The van der Waals surface area contributed by atoms with E-state index in [0.29, 0.717) is 11.7 Å². The van der Waals surface area contributed by atoms with E-state index in [0.717, 1.165) is 11.8 Å². The zero-order chi connectivity index (χ0) is 17.3. The molecule has 6 heteroatoms. The summed E-state index contributed by atoms with van der Waals surface area (Å²) in [6.45, 7) is 3.78. The highest BCUT2D eigenvalue weighted by molar-refractivity contribution is 5.81. The Hall–Kier alpha value is -2.11. The second-order valence-electron chi connectivity index (χ2n) is 7.15. The van der Waals surface area contributed by atoms with E-state index in [1.807, 2.05) is 0 Å². The molecule has 5 atom stereocenters. The van der Waals surface area contributed by atoms with Crippen LogP contribution in [0.1, 0.15) is 39.5 Å². The first kappa shape index (κ1) is 16.7. The van der Waals surface area contributed by atoms with E-state index >= 15 is 0 Å². The Balaban J connectivity index is 1.51. The van der Waals surface area contributed by atoms with Crippen molar-refractivity contribution >= 4 is 11.6 Å². The van der Waals surface area contributed by atoms with Crippen molar-refractivity contribution in [1.82, 2.24) is 5.32 Å². The zero-order valence-electron chi connectivity index (χ0n) is 14.1. The van der Waals surface area contributed by atoms with Crippen LogP contribution in [0.25, 0.3) is 0 Å². The number of nitrogens with one attached hydrogen (secondary N) is 1. The van der Waals surface area contributed by atoms with Gasteiger partial charge in [-0.3, -0.25) is 14.9 Å². The third-order valence-electron chi connectivity index (χ3n) is 5.53. The Morgan fingerprint density at radius 1 is 1.25 bits per heavy atom. The molecule has 0 heterocycles. The number of non-ortho nitro benzene ring substituents is 1. The molecule has 0 radical (unpaired) electrons. The summed E-state index contributed by atoms with van der Waals surface area (Å²) in [7, 11) is 0. The maximum Gasteiger partial charge on any atom is 0.269 e. The van der Waals surface area contributed by atoms with Crippen LogP contribution in [0.15, 0.2) is 24.3 Å². The van der Waals surface area contributed by atoms with E-state index in [-0.39, 0.29) is 17.6 Å². The predicted octanol–water partition coefficient (Wildman–Crippen LogP) is 3.30. The molecule has 6 nitrogen and oxygen atoms in total. The van der Waals surface area contributed by atoms with Crippen molar-refractivity contribution in [2.75, 3.05) is 0 Å². The average molecular weight is 332 g/mol. The average Bonchev–Trinajstić information content (AvgIpc) is 3.18. The Labute approximate surface area is 141 Å². The van der Waals surface area contributed by atoms with Gasteiger partial charge in [-0.1, -0.05) is 6.42 Å². The first-order valence-electron chi connectivity index (χ1n) is 8.65. The van der Waals surface area contributed by atoms with Gasteiger partial charge in [0, 0.05) is 18.2 Å². The van der Waals surface area contributed by atoms with Crippen molar-refractivity contribution in [3.8, 4) is 5.75 Å². The lowest BCUT2D eigenvalue weighted by atomic mass is 9.84. The summed E-state index contributed by atoms with van der Waals surface area (Å²) in [5.74, 6) is 2.52. The van der Waals surface area contributed by atoms with Crippen molar-refractivity contribution in [1.29, 1.82) is 0 Å². The molecule has 0 unspecified atom stereocenters. The van der Waals surface area contributed by atoms with Crippen molar-refractivity contribution in [2.45, 2.75) is 51.7 Å². The minimum atomic E-state index is -0.632. The molecule has 0 aromatic heterocycles. The van der Waals surface area contributed by atoms with Gasteiger partial charge in [0.2, 0.25) is 0 Å². The van der Waals surface area contributed by atoms with E-state index in [1.165, 1.54) is 49.9 Å². The van der Waals surface area contributed by atoms with Crippen LogP contribution >= 0.6 is 0 Å². The van der Waals surface area contributed by atoms with Crippen LogP contribution in [0.5, 0.6) is 5.75 Å². The third-order valence-corrected chi connectivity index (χ3v) is 5.53. The smallest absolute Gasteiger partial charge is 0.269 e. The molecule has 0 spiro atoms. The highest BCUT2D eigenvalue weighted by atomic mass is 16.6. The zero-order valence-corrected chi connectivity index (χ0v) is 14.1. The molecule has 0 saturated heterocycles. The molecule has 130 valence electrons. The van der Waals surface area contributed by atoms with E-state index in [9.17, 15) is 14.9 Å².